The number of hydrogen-bond acceptors (Lipinski definition) is 15. The minimum Gasteiger partial charge on any atom is -0.426 e. The lowest BCUT2D eigenvalue weighted by atomic mass is 10.1. The molecule has 0 aliphatic carbocycles. The van der Waals surface area contributed by atoms with Crippen LogP contribution in [0.3, 0.4) is 0 Å². The van der Waals surface area contributed by atoms with Crippen molar-refractivity contribution < 1.29 is 53.7 Å². The summed E-state index contributed by atoms with van der Waals surface area (Å²) in [4.78, 5) is 72.4. The SMILES string of the molecule is C=Cc1cc(OC(=O)CC(CO[N+](=O)[O-])CO[N+](=O)[O-])ccc1OC(=O)CC(CON)CO[N+](=O)[O-]. The van der Waals surface area contributed by atoms with Crippen molar-refractivity contribution in [3.63, 3.8) is 0 Å². The van der Waals surface area contributed by atoms with Crippen molar-refractivity contribution in [1.29, 1.82) is 0 Å². The Morgan fingerprint density at radius 3 is 1.78 bits per heavy atom. The van der Waals surface area contributed by atoms with Gasteiger partial charge in [-0.05, 0) is 18.2 Å². The molecule has 198 valence electrons. The van der Waals surface area contributed by atoms with Crippen LogP contribution in [0.5, 0.6) is 11.5 Å². The second-order valence-corrected chi connectivity index (χ2v) is 6.88. The highest BCUT2D eigenvalue weighted by atomic mass is 17.0. The topological polar surface area (TPSA) is 245 Å². The molecule has 0 aliphatic heterocycles. The van der Waals surface area contributed by atoms with Gasteiger partial charge in [-0.25, -0.2) is 5.90 Å². The first kappa shape index (κ1) is 29.5. The summed E-state index contributed by atoms with van der Waals surface area (Å²) in [6.07, 6.45) is 0.436. The Morgan fingerprint density at radius 2 is 1.33 bits per heavy atom. The number of nitrogens with zero attached hydrogens (tertiary/aromatic N) is 3. The summed E-state index contributed by atoms with van der Waals surface area (Å²) < 4.78 is 10.3. The highest BCUT2D eigenvalue weighted by molar-refractivity contribution is 5.76. The second kappa shape index (κ2) is 15.3. The molecule has 1 atom stereocenters. The third kappa shape index (κ3) is 12.0. The zero-order valence-corrected chi connectivity index (χ0v) is 18.5. The molecule has 0 radical (unpaired) electrons. The summed E-state index contributed by atoms with van der Waals surface area (Å²) in [5, 5.41) is 27.8. The molecule has 0 saturated heterocycles. The van der Waals surface area contributed by atoms with E-state index in [0.717, 1.165) is 0 Å². The molecular formula is C18H22N4O14. The number of carbonyl (C=O) groups is 2. The maximum atomic E-state index is 12.2. The van der Waals surface area contributed by atoms with E-state index in [4.69, 9.17) is 15.4 Å². The number of nitrogens with two attached hydrogens (primary N) is 1. The minimum atomic E-state index is -1.12. The highest BCUT2D eigenvalue weighted by Crippen LogP contribution is 2.26. The smallest absolute Gasteiger partial charge is 0.311 e. The van der Waals surface area contributed by atoms with E-state index in [9.17, 15) is 39.9 Å². The van der Waals surface area contributed by atoms with Gasteiger partial charge in [-0.1, -0.05) is 12.7 Å². The van der Waals surface area contributed by atoms with E-state index in [0.29, 0.717) is 0 Å². The van der Waals surface area contributed by atoms with Gasteiger partial charge in [-0.15, -0.1) is 30.3 Å². The molecule has 0 saturated carbocycles. The Balaban J connectivity index is 2.79. The molecule has 0 amide bonds. The zero-order valence-electron chi connectivity index (χ0n) is 18.5. The number of rotatable bonds is 18. The van der Waals surface area contributed by atoms with Gasteiger partial charge in [0.25, 0.3) is 15.3 Å². The summed E-state index contributed by atoms with van der Waals surface area (Å²) in [7, 11) is 0. The fourth-order valence-corrected chi connectivity index (χ4v) is 2.62. The molecule has 18 nitrogen and oxygen atoms in total. The molecular weight excluding hydrogens is 496 g/mol. The molecule has 0 bridgehead atoms. The normalized spacial score (nSPS) is 11.2. The Kier molecular flexibility index (Phi) is 12.6. The van der Waals surface area contributed by atoms with Crippen LogP contribution in [0, 0.1) is 42.2 Å². The van der Waals surface area contributed by atoms with E-state index in [2.05, 4.69) is 25.9 Å². The standard InChI is InChI=1S/C18H22N4O14/c1-2-14-7-15(35-17(23)6-13(10-33-21(27)28)11-34-22(29)30)3-4-16(14)36-18(24)5-12(8-31-19)9-32-20(25)26/h2-4,7,12-13H,1,5-6,8-11,19H2. The van der Waals surface area contributed by atoms with Crippen LogP contribution >= 0.6 is 0 Å². The molecule has 0 fully saturated rings. The van der Waals surface area contributed by atoms with Crippen LogP contribution in [0.2, 0.25) is 0 Å². The van der Waals surface area contributed by atoms with Crippen molar-refractivity contribution in [2.24, 2.45) is 17.7 Å². The third-order valence-electron chi connectivity index (χ3n) is 4.15. The van der Waals surface area contributed by atoms with Gasteiger partial charge in [0.2, 0.25) is 0 Å². The summed E-state index contributed by atoms with van der Waals surface area (Å²) in [6, 6.07) is 3.84. The first-order valence-corrected chi connectivity index (χ1v) is 9.85. The summed E-state index contributed by atoms with van der Waals surface area (Å²) in [5.41, 5.74) is 0.228. The monoisotopic (exact) mass is 518 g/mol. The average molecular weight is 518 g/mol. The van der Waals surface area contributed by atoms with Crippen LogP contribution < -0.4 is 15.4 Å². The minimum absolute atomic E-state index is 0.0207. The maximum absolute atomic E-state index is 12.2. The lowest BCUT2D eigenvalue weighted by molar-refractivity contribution is -0.768. The van der Waals surface area contributed by atoms with Crippen LogP contribution in [0.25, 0.3) is 6.08 Å². The van der Waals surface area contributed by atoms with Crippen molar-refractivity contribution in [2.75, 3.05) is 26.4 Å². The summed E-state index contributed by atoms with van der Waals surface area (Å²) >= 11 is 0. The first-order valence-electron chi connectivity index (χ1n) is 9.85. The van der Waals surface area contributed by atoms with E-state index in [1.807, 2.05) is 0 Å². The number of esters is 2. The van der Waals surface area contributed by atoms with Crippen molar-refractivity contribution in [3.05, 3.63) is 60.7 Å². The van der Waals surface area contributed by atoms with Crippen LogP contribution in [0.4, 0.5) is 0 Å². The quantitative estimate of drug-likeness (QED) is 0.121. The molecule has 0 aromatic heterocycles. The van der Waals surface area contributed by atoms with Gasteiger partial charge in [-0.3, -0.25) is 9.59 Å². The first-order chi connectivity index (χ1) is 17.0. The molecule has 18 heteroatoms. The fourth-order valence-electron chi connectivity index (χ4n) is 2.62. The summed E-state index contributed by atoms with van der Waals surface area (Å²) in [5.74, 6) is 1.42. The van der Waals surface area contributed by atoms with Crippen LogP contribution in [-0.2, 0) is 28.9 Å². The van der Waals surface area contributed by atoms with Crippen LogP contribution in [0.15, 0.2) is 24.8 Å². The number of hydrogen-bond donors (Lipinski definition) is 1. The molecule has 1 aromatic rings. The Morgan fingerprint density at radius 1 is 0.861 bits per heavy atom. The van der Waals surface area contributed by atoms with Gasteiger partial charge < -0.3 is 28.8 Å². The molecule has 0 aliphatic rings. The third-order valence-corrected chi connectivity index (χ3v) is 4.15. The van der Waals surface area contributed by atoms with Gasteiger partial charge in [0, 0.05) is 17.4 Å². The van der Waals surface area contributed by atoms with E-state index in [-0.39, 0.29) is 30.1 Å². The Hall–Kier alpha value is -4.58. The van der Waals surface area contributed by atoms with E-state index in [1.165, 1.54) is 24.3 Å². The Labute approximate surface area is 201 Å². The van der Waals surface area contributed by atoms with Crippen molar-refractivity contribution in [3.8, 4) is 11.5 Å². The molecule has 0 heterocycles. The van der Waals surface area contributed by atoms with Gasteiger partial charge in [0.1, 0.15) is 31.3 Å². The Bertz CT molecular complexity index is 938. The second-order valence-electron chi connectivity index (χ2n) is 6.88. The lowest BCUT2D eigenvalue weighted by Gasteiger charge is -2.15. The molecule has 1 rings (SSSR count). The predicted octanol–water partition coefficient (Wildman–Crippen LogP) is 0.668. The molecule has 1 aromatic carbocycles. The van der Waals surface area contributed by atoms with Gasteiger partial charge in [0.15, 0.2) is 0 Å². The molecule has 2 N–H and O–H groups in total. The zero-order chi connectivity index (χ0) is 27.1. The maximum Gasteiger partial charge on any atom is 0.311 e. The van der Waals surface area contributed by atoms with Gasteiger partial charge in [-0.2, -0.15) is 0 Å². The van der Waals surface area contributed by atoms with E-state index >= 15 is 0 Å². The van der Waals surface area contributed by atoms with E-state index < -0.39 is 65.3 Å². The predicted molar refractivity (Wildman–Crippen MR) is 113 cm³/mol. The van der Waals surface area contributed by atoms with Crippen molar-refractivity contribution >= 4 is 18.0 Å². The van der Waals surface area contributed by atoms with Crippen LogP contribution in [-0.4, -0.2) is 53.6 Å². The molecule has 0 spiro atoms. The molecule has 1 unspecified atom stereocenters. The number of benzene rings is 1. The number of ether oxygens (including phenoxy) is 2. The van der Waals surface area contributed by atoms with Crippen LogP contribution in [0.1, 0.15) is 18.4 Å². The molecule has 36 heavy (non-hydrogen) atoms. The summed E-state index contributed by atoms with van der Waals surface area (Å²) in [6.45, 7) is 1.60. The average Bonchev–Trinajstić information content (AvgIpc) is 2.80. The van der Waals surface area contributed by atoms with Crippen molar-refractivity contribution in [2.45, 2.75) is 12.8 Å². The number of carbonyl (C=O) groups excluding carboxylic acids is 2. The van der Waals surface area contributed by atoms with E-state index in [1.54, 1.807) is 0 Å². The van der Waals surface area contributed by atoms with Gasteiger partial charge in [0.05, 0.1) is 19.4 Å². The fraction of sp³-hybridized carbons (Fsp3) is 0.444. The lowest BCUT2D eigenvalue weighted by Crippen LogP contribution is -2.25. The van der Waals surface area contributed by atoms with Gasteiger partial charge >= 0.3 is 11.9 Å². The highest BCUT2D eigenvalue weighted by Gasteiger charge is 2.21. The largest absolute Gasteiger partial charge is 0.426 e. The van der Waals surface area contributed by atoms with Crippen molar-refractivity contribution in [1.82, 2.24) is 0 Å².